The van der Waals surface area contributed by atoms with Crippen LogP contribution in [0.1, 0.15) is 20.7 Å². The van der Waals surface area contributed by atoms with Crippen LogP contribution in [0.15, 0.2) is 18.2 Å². The first-order valence-corrected chi connectivity index (χ1v) is 3.69. The third-order valence-corrected chi connectivity index (χ3v) is 1.68. The number of para-hydroxylation sites is 1. The fourth-order valence-electron chi connectivity index (χ4n) is 1.09. The Morgan fingerprint density at radius 2 is 1.53 bits per heavy atom. The van der Waals surface area contributed by atoms with E-state index in [-0.39, 0.29) is 0 Å². The molecule has 1 aromatic carbocycles. The first-order valence-electron chi connectivity index (χ1n) is 3.69. The maximum absolute atomic E-state index is 10.6. The van der Waals surface area contributed by atoms with Crippen LogP contribution in [0.2, 0.25) is 0 Å². The first kappa shape index (κ1) is 10.6. The van der Waals surface area contributed by atoms with Crippen molar-refractivity contribution in [1.29, 1.82) is 0 Å². The molecule has 0 aliphatic heterocycles. The van der Waals surface area contributed by atoms with Crippen LogP contribution in [0.25, 0.3) is 0 Å². The van der Waals surface area contributed by atoms with Crippen LogP contribution in [-0.4, -0.2) is 27.1 Å². The van der Waals surface area contributed by atoms with Gasteiger partial charge in [-0.25, -0.2) is 9.59 Å². The Morgan fingerprint density at radius 3 is 1.80 bits per heavy atom. The first-order chi connectivity index (χ1) is 6.95. The number of carboxylic acid groups (broad SMARTS) is 2. The second-order valence-corrected chi connectivity index (χ2v) is 2.57. The lowest BCUT2D eigenvalue weighted by Crippen LogP contribution is -2.08. The molecule has 0 radical (unpaired) electrons. The van der Waals surface area contributed by atoms with Gasteiger partial charge in [0, 0.05) is 0 Å². The van der Waals surface area contributed by atoms with Gasteiger partial charge in [0.2, 0.25) is 0 Å². The van der Waals surface area contributed by atoms with Gasteiger partial charge in [0.1, 0.15) is 11.1 Å². The number of nitro groups is 1. The third-order valence-electron chi connectivity index (χ3n) is 1.68. The molecule has 7 heteroatoms. The van der Waals surface area contributed by atoms with E-state index >= 15 is 0 Å². The molecule has 1 rings (SSSR count). The standard InChI is InChI=1S/C8H5NO6/c10-7(11)4-2-1-3-5(8(12)13)6(4)9(14)15/h1-3H,(H,10,11)(H,12,13). The van der Waals surface area contributed by atoms with Crippen LogP contribution < -0.4 is 0 Å². The van der Waals surface area contributed by atoms with E-state index in [0.29, 0.717) is 0 Å². The fourth-order valence-corrected chi connectivity index (χ4v) is 1.09. The molecule has 0 saturated heterocycles. The second-order valence-electron chi connectivity index (χ2n) is 2.57. The minimum absolute atomic E-state index is 0.639. The smallest absolute Gasteiger partial charge is 0.342 e. The van der Waals surface area contributed by atoms with Gasteiger partial charge in [-0.1, -0.05) is 6.07 Å². The summed E-state index contributed by atoms with van der Waals surface area (Å²) in [5, 5.41) is 27.8. The largest absolute Gasteiger partial charge is 0.477 e. The minimum atomic E-state index is -1.54. The van der Waals surface area contributed by atoms with E-state index < -0.39 is 33.7 Å². The van der Waals surface area contributed by atoms with Crippen LogP contribution in [-0.2, 0) is 0 Å². The van der Waals surface area contributed by atoms with Crippen molar-refractivity contribution in [3.63, 3.8) is 0 Å². The fraction of sp³-hybridized carbons (Fsp3) is 0. The average Bonchev–Trinajstić information content (AvgIpc) is 2.16. The quantitative estimate of drug-likeness (QED) is 0.568. The SMILES string of the molecule is O=C(O)c1cccc(C(=O)O)c1[N+](=O)[O-]. The maximum atomic E-state index is 10.6. The molecule has 2 N–H and O–H groups in total. The number of hydrogen-bond acceptors (Lipinski definition) is 4. The molecule has 78 valence electrons. The zero-order valence-corrected chi connectivity index (χ0v) is 7.21. The van der Waals surface area contributed by atoms with Gasteiger partial charge >= 0.3 is 11.9 Å². The van der Waals surface area contributed by atoms with Gasteiger partial charge in [-0.3, -0.25) is 10.1 Å². The molecule has 0 aromatic heterocycles. The van der Waals surface area contributed by atoms with E-state index in [4.69, 9.17) is 10.2 Å². The summed E-state index contributed by atoms with van der Waals surface area (Å²) in [6.07, 6.45) is 0. The van der Waals surface area contributed by atoms with Crippen LogP contribution >= 0.6 is 0 Å². The van der Waals surface area contributed by atoms with Gasteiger partial charge < -0.3 is 10.2 Å². The van der Waals surface area contributed by atoms with E-state index in [1.165, 1.54) is 0 Å². The van der Waals surface area contributed by atoms with Crippen LogP contribution in [0.4, 0.5) is 5.69 Å². The molecular formula is C8H5NO6. The van der Waals surface area contributed by atoms with Gasteiger partial charge in [0.15, 0.2) is 0 Å². The molecule has 0 saturated carbocycles. The van der Waals surface area contributed by atoms with Crippen molar-refractivity contribution in [2.24, 2.45) is 0 Å². The lowest BCUT2D eigenvalue weighted by atomic mass is 10.1. The van der Waals surface area contributed by atoms with Crippen LogP contribution in [0, 0.1) is 10.1 Å². The van der Waals surface area contributed by atoms with Crippen molar-refractivity contribution in [3.8, 4) is 0 Å². The van der Waals surface area contributed by atoms with E-state index in [2.05, 4.69) is 0 Å². The monoisotopic (exact) mass is 211 g/mol. The topological polar surface area (TPSA) is 118 Å². The van der Waals surface area contributed by atoms with Crippen molar-refractivity contribution in [1.82, 2.24) is 0 Å². The number of nitrogens with zero attached hydrogens (tertiary/aromatic N) is 1. The summed E-state index contributed by atoms with van der Waals surface area (Å²) in [5.74, 6) is -3.07. The van der Waals surface area contributed by atoms with Crippen LogP contribution in [0.5, 0.6) is 0 Å². The van der Waals surface area contributed by atoms with Crippen molar-refractivity contribution < 1.29 is 24.7 Å². The summed E-state index contributed by atoms with van der Waals surface area (Å²) in [7, 11) is 0. The number of hydrogen-bond donors (Lipinski definition) is 2. The molecular weight excluding hydrogens is 206 g/mol. The molecule has 0 unspecified atom stereocenters. The third kappa shape index (κ3) is 1.90. The number of nitro benzene ring substituents is 1. The molecule has 15 heavy (non-hydrogen) atoms. The van der Waals surface area contributed by atoms with Crippen LogP contribution in [0.3, 0.4) is 0 Å². The highest BCUT2D eigenvalue weighted by Crippen LogP contribution is 2.23. The predicted octanol–water partition coefficient (Wildman–Crippen LogP) is 0.991. The van der Waals surface area contributed by atoms with Gasteiger partial charge in [0.05, 0.1) is 4.92 Å². The summed E-state index contributed by atoms with van der Waals surface area (Å²) in [5.41, 5.74) is -2.18. The van der Waals surface area contributed by atoms with E-state index in [0.717, 1.165) is 18.2 Å². The second kappa shape index (κ2) is 3.74. The van der Waals surface area contributed by atoms with Crippen molar-refractivity contribution in [3.05, 3.63) is 39.4 Å². The van der Waals surface area contributed by atoms with E-state index in [1.807, 2.05) is 0 Å². The Morgan fingerprint density at radius 1 is 1.13 bits per heavy atom. The van der Waals surface area contributed by atoms with E-state index in [1.54, 1.807) is 0 Å². The van der Waals surface area contributed by atoms with Gasteiger partial charge in [-0.05, 0) is 12.1 Å². The Hall–Kier alpha value is -2.44. The molecule has 7 nitrogen and oxygen atoms in total. The Balaban J connectivity index is 3.56. The number of carboxylic acids is 2. The Bertz CT molecular complexity index is 420. The summed E-state index contributed by atoms with van der Waals surface area (Å²) in [6.45, 7) is 0. The number of rotatable bonds is 3. The molecule has 0 heterocycles. The molecule has 0 aliphatic carbocycles. The van der Waals surface area contributed by atoms with Crippen molar-refractivity contribution in [2.75, 3.05) is 0 Å². The number of benzene rings is 1. The summed E-state index contributed by atoms with van der Waals surface area (Å²) in [4.78, 5) is 30.7. The van der Waals surface area contributed by atoms with Crippen molar-refractivity contribution >= 4 is 17.6 Å². The molecule has 0 amide bonds. The lowest BCUT2D eigenvalue weighted by Gasteiger charge is -2.00. The summed E-state index contributed by atoms with van der Waals surface area (Å²) in [6, 6.07) is 3.10. The van der Waals surface area contributed by atoms with E-state index in [9.17, 15) is 19.7 Å². The normalized spacial score (nSPS) is 9.60. The lowest BCUT2D eigenvalue weighted by molar-refractivity contribution is -0.385. The highest BCUT2D eigenvalue weighted by Gasteiger charge is 2.27. The molecule has 0 fully saturated rings. The summed E-state index contributed by atoms with van der Waals surface area (Å²) < 4.78 is 0. The molecule has 0 bridgehead atoms. The highest BCUT2D eigenvalue weighted by atomic mass is 16.6. The highest BCUT2D eigenvalue weighted by molar-refractivity contribution is 6.00. The van der Waals surface area contributed by atoms with Gasteiger partial charge in [-0.15, -0.1) is 0 Å². The van der Waals surface area contributed by atoms with Crippen molar-refractivity contribution in [2.45, 2.75) is 0 Å². The Kier molecular flexibility index (Phi) is 2.65. The maximum Gasteiger partial charge on any atom is 0.342 e. The predicted molar refractivity (Wildman–Crippen MR) is 47.0 cm³/mol. The number of aromatic carboxylic acids is 2. The molecule has 0 atom stereocenters. The molecule has 1 aromatic rings. The average molecular weight is 211 g/mol. The minimum Gasteiger partial charge on any atom is -0.477 e. The molecule has 0 aliphatic rings. The summed E-state index contributed by atoms with van der Waals surface area (Å²) >= 11 is 0. The number of carbonyl (C=O) groups is 2. The van der Waals surface area contributed by atoms with Gasteiger partial charge in [0.25, 0.3) is 5.69 Å². The zero-order chi connectivity index (χ0) is 11.6. The zero-order valence-electron chi connectivity index (χ0n) is 7.21. The van der Waals surface area contributed by atoms with Gasteiger partial charge in [-0.2, -0.15) is 0 Å². The Labute approximate surface area is 82.7 Å². The molecule has 0 spiro atoms.